The van der Waals surface area contributed by atoms with Gasteiger partial charge in [0.05, 0.1) is 18.4 Å². The van der Waals surface area contributed by atoms with Crippen LogP contribution < -0.4 is 4.80 Å². The average molecular weight is 418 g/mol. The number of amides is 3. The highest BCUT2D eigenvalue weighted by Crippen LogP contribution is 2.37. The molecule has 146 valence electrons. The monoisotopic (exact) mass is 417 g/mol. The maximum Gasteiger partial charge on any atom is 0.268 e. The summed E-state index contributed by atoms with van der Waals surface area (Å²) < 4.78 is 1.83. The molecule has 0 N–H and O–H groups in total. The third-order valence-corrected chi connectivity index (χ3v) is 6.57. The van der Waals surface area contributed by atoms with Crippen LogP contribution >= 0.6 is 22.9 Å². The van der Waals surface area contributed by atoms with Crippen LogP contribution in [0.1, 0.15) is 31.2 Å². The van der Waals surface area contributed by atoms with Gasteiger partial charge in [-0.05, 0) is 24.5 Å². The molecule has 2 atom stereocenters. The number of hydrogen-bond donors (Lipinski definition) is 0. The Morgan fingerprint density at radius 1 is 1.14 bits per heavy atom. The lowest BCUT2D eigenvalue weighted by Gasteiger charge is -2.19. The first kappa shape index (κ1) is 19.1. The van der Waals surface area contributed by atoms with Crippen LogP contribution in [0, 0.1) is 11.8 Å². The van der Waals surface area contributed by atoms with Gasteiger partial charge in [-0.3, -0.25) is 19.3 Å². The van der Waals surface area contributed by atoms with Crippen LogP contribution in [0.3, 0.4) is 0 Å². The molecule has 2 aliphatic rings. The molecule has 28 heavy (non-hydrogen) atoms. The van der Waals surface area contributed by atoms with Crippen molar-refractivity contribution in [1.29, 1.82) is 0 Å². The van der Waals surface area contributed by atoms with E-state index in [1.807, 2.05) is 40.4 Å². The largest absolute Gasteiger partial charge is 0.319 e. The van der Waals surface area contributed by atoms with E-state index in [4.69, 9.17) is 11.6 Å². The Kier molecular flexibility index (Phi) is 5.46. The van der Waals surface area contributed by atoms with E-state index >= 15 is 0 Å². The van der Waals surface area contributed by atoms with Crippen LogP contribution in [-0.2, 0) is 20.9 Å². The molecule has 0 radical (unpaired) electrons. The highest BCUT2D eigenvalue weighted by molar-refractivity contribution is 7.07. The number of halogens is 1. The van der Waals surface area contributed by atoms with E-state index in [2.05, 4.69) is 4.99 Å². The summed E-state index contributed by atoms with van der Waals surface area (Å²) in [5.74, 6) is -1.42. The smallest absolute Gasteiger partial charge is 0.268 e. The first-order valence-electron chi connectivity index (χ1n) is 9.34. The van der Waals surface area contributed by atoms with Gasteiger partial charge >= 0.3 is 0 Å². The lowest BCUT2D eigenvalue weighted by Crippen LogP contribution is -2.36. The number of likely N-dealkylation sites (tertiary alicyclic amines) is 1. The van der Waals surface area contributed by atoms with Crippen molar-refractivity contribution in [3.8, 4) is 0 Å². The Morgan fingerprint density at radius 2 is 1.82 bits per heavy atom. The first-order chi connectivity index (χ1) is 13.5. The molecule has 2 fully saturated rings. The first-order valence-corrected chi connectivity index (χ1v) is 10.6. The Bertz CT molecular complexity index is 972. The highest BCUT2D eigenvalue weighted by atomic mass is 35.5. The van der Waals surface area contributed by atoms with Crippen LogP contribution in [0.25, 0.3) is 0 Å². The molecule has 1 aliphatic carbocycles. The van der Waals surface area contributed by atoms with Crippen molar-refractivity contribution in [1.82, 2.24) is 9.47 Å². The van der Waals surface area contributed by atoms with E-state index in [9.17, 15) is 14.4 Å². The lowest BCUT2D eigenvalue weighted by atomic mass is 9.81. The topological polar surface area (TPSA) is 71.7 Å². The summed E-state index contributed by atoms with van der Waals surface area (Å²) in [4.78, 5) is 43.3. The molecule has 6 nitrogen and oxygen atoms in total. The third-order valence-electron chi connectivity index (χ3n) is 5.40. The SMILES string of the molecule is O=C(CN1C(=O)C2CCCCC2C1=O)N=c1sccn1Cc1ccccc1Cl. The van der Waals surface area contributed by atoms with Gasteiger partial charge in [0.1, 0.15) is 6.54 Å². The van der Waals surface area contributed by atoms with Crippen LogP contribution in [0.15, 0.2) is 40.8 Å². The number of fused-ring (bicyclic) bond motifs is 1. The molecule has 2 aromatic rings. The predicted molar refractivity (Wildman–Crippen MR) is 106 cm³/mol. The third kappa shape index (κ3) is 3.69. The normalized spacial score (nSPS) is 22.6. The molecular formula is C20H20ClN3O3S. The van der Waals surface area contributed by atoms with Crippen molar-refractivity contribution in [3.63, 3.8) is 0 Å². The van der Waals surface area contributed by atoms with E-state index in [0.717, 1.165) is 36.1 Å². The molecule has 8 heteroatoms. The molecule has 1 saturated heterocycles. The van der Waals surface area contributed by atoms with Crippen molar-refractivity contribution in [2.75, 3.05) is 6.54 Å². The molecular weight excluding hydrogens is 398 g/mol. The number of carbonyl (C=O) groups is 3. The van der Waals surface area contributed by atoms with Gasteiger partial charge in [-0.25, -0.2) is 0 Å². The van der Waals surface area contributed by atoms with Crippen molar-refractivity contribution in [2.24, 2.45) is 16.8 Å². The second kappa shape index (κ2) is 8.01. The number of thiazole rings is 1. The molecule has 3 amide bonds. The minimum absolute atomic E-state index is 0.214. The van der Waals surface area contributed by atoms with Crippen molar-refractivity contribution < 1.29 is 14.4 Å². The van der Waals surface area contributed by atoms with Gasteiger partial charge in [0, 0.05) is 16.6 Å². The predicted octanol–water partition coefficient (Wildman–Crippen LogP) is 2.85. The van der Waals surface area contributed by atoms with E-state index in [0.29, 0.717) is 16.4 Å². The second-order valence-corrected chi connectivity index (χ2v) is 8.45. The van der Waals surface area contributed by atoms with Gasteiger partial charge in [-0.1, -0.05) is 42.6 Å². The van der Waals surface area contributed by atoms with Gasteiger partial charge in [0.25, 0.3) is 5.91 Å². The maximum atomic E-state index is 12.5. The minimum Gasteiger partial charge on any atom is -0.319 e. The fourth-order valence-electron chi connectivity index (χ4n) is 3.98. The summed E-state index contributed by atoms with van der Waals surface area (Å²) in [6.07, 6.45) is 5.23. The molecule has 2 heterocycles. The number of benzene rings is 1. The number of hydrogen-bond acceptors (Lipinski definition) is 4. The van der Waals surface area contributed by atoms with Gasteiger partial charge in [0.15, 0.2) is 4.80 Å². The quantitative estimate of drug-likeness (QED) is 0.718. The number of carbonyl (C=O) groups excluding carboxylic acids is 3. The second-order valence-electron chi connectivity index (χ2n) is 7.17. The van der Waals surface area contributed by atoms with E-state index in [-0.39, 0.29) is 30.2 Å². The number of aromatic nitrogens is 1. The van der Waals surface area contributed by atoms with E-state index in [1.165, 1.54) is 11.3 Å². The Balaban J connectivity index is 1.50. The van der Waals surface area contributed by atoms with Crippen LogP contribution in [0.5, 0.6) is 0 Å². The van der Waals surface area contributed by atoms with Gasteiger partial charge in [-0.15, -0.1) is 11.3 Å². The summed E-state index contributed by atoms with van der Waals surface area (Å²) in [6.45, 7) is 0.204. The van der Waals surface area contributed by atoms with E-state index in [1.54, 1.807) is 0 Å². The van der Waals surface area contributed by atoms with Crippen molar-refractivity contribution in [3.05, 3.63) is 51.2 Å². The summed E-state index contributed by atoms with van der Waals surface area (Å²) in [7, 11) is 0. The fraction of sp³-hybridized carbons (Fsp3) is 0.400. The summed E-state index contributed by atoms with van der Waals surface area (Å²) in [5.41, 5.74) is 0.922. The molecule has 1 aromatic heterocycles. The van der Waals surface area contributed by atoms with Gasteiger partial charge < -0.3 is 4.57 Å². The van der Waals surface area contributed by atoms with Gasteiger partial charge in [-0.2, -0.15) is 4.99 Å². The molecule has 1 aliphatic heterocycles. The molecule has 4 rings (SSSR count). The average Bonchev–Trinajstić information content (AvgIpc) is 3.22. The zero-order valence-electron chi connectivity index (χ0n) is 15.2. The maximum absolute atomic E-state index is 12.5. The lowest BCUT2D eigenvalue weighted by molar-refractivity contribution is -0.143. The Hall–Kier alpha value is -2.25. The van der Waals surface area contributed by atoms with Crippen molar-refractivity contribution in [2.45, 2.75) is 32.2 Å². The van der Waals surface area contributed by atoms with Crippen LogP contribution in [0.4, 0.5) is 0 Å². The fourth-order valence-corrected chi connectivity index (χ4v) is 4.92. The molecule has 0 spiro atoms. The summed E-state index contributed by atoms with van der Waals surface area (Å²) >= 11 is 7.54. The van der Waals surface area contributed by atoms with Gasteiger partial charge in [0.2, 0.25) is 11.8 Å². The molecule has 1 saturated carbocycles. The van der Waals surface area contributed by atoms with Crippen LogP contribution in [-0.4, -0.2) is 33.7 Å². The summed E-state index contributed by atoms with van der Waals surface area (Å²) in [5, 5.41) is 2.48. The molecule has 0 bridgehead atoms. The molecule has 1 aromatic carbocycles. The Morgan fingerprint density at radius 3 is 2.50 bits per heavy atom. The number of imide groups is 1. The minimum atomic E-state index is -0.490. The summed E-state index contributed by atoms with van der Waals surface area (Å²) in [6, 6.07) is 7.50. The molecule has 2 unspecified atom stereocenters. The number of rotatable bonds is 4. The zero-order valence-corrected chi connectivity index (χ0v) is 16.8. The Labute approximate surface area is 171 Å². The number of nitrogens with zero attached hydrogens (tertiary/aromatic N) is 3. The highest BCUT2D eigenvalue weighted by Gasteiger charge is 2.48. The zero-order chi connectivity index (χ0) is 19.7. The van der Waals surface area contributed by atoms with Crippen LogP contribution in [0.2, 0.25) is 5.02 Å². The van der Waals surface area contributed by atoms with Crippen molar-refractivity contribution >= 4 is 40.7 Å². The standard InChI is InChI=1S/C20H20ClN3O3S/c21-16-8-4-1-5-13(16)11-23-9-10-28-20(23)22-17(25)12-24-18(26)14-6-2-3-7-15(14)19(24)27/h1,4-5,8-10,14-15H,2-3,6-7,11-12H2. The van der Waals surface area contributed by atoms with E-state index < -0.39 is 5.91 Å².